The Hall–Kier alpha value is -0.520. The van der Waals surface area contributed by atoms with E-state index >= 15 is 0 Å². The molecule has 1 aromatic carbocycles. The van der Waals surface area contributed by atoms with Crippen molar-refractivity contribution in [3.63, 3.8) is 0 Å². The number of aryl methyl sites for hydroxylation is 1. The zero-order valence-corrected chi connectivity index (χ0v) is 11.7. The summed E-state index contributed by atoms with van der Waals surface area (Å²) in [6, 6.07) is 5.06. The molecule has 0 N–H and O–H groups in total. The van der Waals surface area contributed by atoms with Gasteiger partial charge in [-0.05, 0) is 52.0 Å². The predicted molar refractivity (Wildman–Crippen MR) is 69.8 cm³/mol. The Labute approximate surface area is 114 Å². The minimum atomic E-state index is -3.53. The van der Waals surface area contributed by atoms with Gasteiger partial charge in [0.25, 0.3) is 5.78 Å². The first kappa shape index (κ1) is 12.9. The standard InChI is InChI=1S/C11H6BrClF2OS/c1-5-7-4-6(13)2-3-8(7)17-9(5)10(16)11(12,14)15/h2-4H,1H3. The monoisotopic (exact) mass is 338 g/mol. The first-order chi connectivity index (χ1) is 7.80. The van der Waals surface area contributed by atoms with E-state index in [0.29, 0.717) is 10.6 Å². The number of benzene rings is 1. The van der Waals surface area contributed by atoms with E-state index in [1.807, 2.05) is 0 Å². The molecular formula is C11H6BrClF2OS. The van der Waals surface area contributed by atoms with Crippen molar-refractivity contribution in [3.8, 4) is 0 Å². The van der Waals surface area contributed by atoms with Crippen molar-refractivity contribution in [2.45, 2.75) is 11.8 Å². The Balaban J connectivity index is 2.65. The highest BCUT2D eigenvalue weighted by Crippen LogP contribution is 2.37. The molecule has 0 atom stereocenters. The Bertz CT molecular complexity index is 603. The van der Waals surface area contributed by atoms with Crippen LogP contribution >= 0.6 is 38.9 Å². The molecule has 17 heavy (non-hydrogen) atoms. The number of carbonyl (C=O) groups excluding carboxylic acids is 1. The Kier molecular flexibility index (Phi) is 3.27. The summed E-state index contributed by atoms with van der Waals surface area (Å²) in [7, 11) is 0. The van der Waals surface area contributed by atoms with Gasteiger partial charge in [-0.15, -0.1) is 11.3 Å². The molecule has 1 heterocycles. The highest BCUT2D eigenvalue weighted by atomic mass is 79.9. The molecule has 0 amide bonds. The van der Waals surface area contributed by atoms with Crippen molar-refractivity contribution < 1.29 is 13.6 Å². The third kappa shape index (κ3) is 2.37. The third-order valence-electron chi connectivity index (χ3n) is 2.36. The number of fused-ring (bicyclic) bond motifs is 1. The van der Waals surface area contributed by atoms with Gasteiger partial charge in [0, 0.05) is 9.72 Å². The van der Waals surface area contributed by atoms with E-state index in [9.17, 15) is 13.6 Å². The van der Waals surface area contributed by atoms with Crippen LogP contribution in [0, 0.1) is 6.92 Å². The van der Waals surface area contributed by atoms with Crippen LogP contribution in [0.3, 0.4) is 0 Å². The van der Waals surface area contributed by atoms with Gasteiger partial charge < -0.3 is 0 Å². The van der Waals surface area contributed by atoms with Crippen LogP contribution in [0.1, 0.15) is 15.2 Å². The van der Waals surface area contributed by atoms with Crippen molar-refractivity contribution in [3.05, 3.63) is 33.7 Å². The number of halogens is 4. The zero-order valence-electron chi connectivity index (χ0n) is 8.56. The topological polar surface area (TPSA) is 17.1 Å². The second-order valence-electron chi connectivity index (χ2n) is 3.52. The second-order valence-corrected chi connectivity index (χ2v) is 6.01. The summed E-state index contributed by atoms with van der Waals surface area (Å²) in [5.74, 6) is -1.22. The van der Waals surface area contributed by atoms with Crippen LogP contribution in [-0.2, 0) is 0 Å². The summed E-state index contributed by atoms with van der Waals surface area (Å²) < 4.78 is 26.6. The number of hydrogen-bond acceptors (Lipinski definition) is 2. The van der Waals surface area contributed by atoms with Gasteiger partial charge in [-0.1, -0.05) is 11.6 Å². The van der Waals surface area contributed by atoms with Crippen LogP contribution in [0.15, 0.2) is 18.2 Å². The van der Waals surface area contributed by atoms with Gasteiger partial charge in [-0.2, -0.15) is 8.78 Å². The van der Waals surface area contributed by atoms with E-state index in [1.165, 1.54) is 0 Å². The summed E-state index contributed by atoms with van der Waals surface area (Å²) in [6.45, 7) is 1.64. The summed E-state index contributed by atoms with van der Waals surface area (Å²) in [6.07, 6.45) is 0. The second kappa shape index (κ2) is 4.30. The van der Waals surface area contributed by atoms with E-state index in [0.717, 1.165) is 21.4 Å². The fourth-order valence-electron chi connectivity index (χ4n) is 1.54. The maximum atomic E-state index is 12.9. The number of thiophene rings is 1. The smallest absolute Gasteiger partial charge is 0.285 e. The largest absolute Gasteiger partial charge is 0.363 e. The molecule has 2 rings (SSSR count). The third-order valence-corrected chi connectivity index (χ3v) is 4.23. The molecule has 0 aliphatic heterocycles. The number of ketones is 1. The molecule has 1 nitrogen and oxygen atoms in total. The molecule has 1 aromatic heterocycles. The van der Waals surface area contributed by atoms with E-state index in [4.69, 9.17) is 11.6 Å². The number of rotatable bonds is 2. The van der Waals surface area contributed by atoms with Crippen LogP contribution in [0.25, 0.3) is 10.1 Å². The van der Waals surface area contributed by atoms with Crippen LogP contribution in [0.4, 0.5) is 8.78 Å². The first-order valence-electron chi connectivity index (χ1n) is 4.61. The van der Waals surface area contributed by atoms with Crippen LogP contribution in [0.2, 0.25) is 5.02 Å². The van der Waals surface area contributed by atoms with Gasteiger partial charge in [0.2, 0.25) is 0 Å². The van der Waals surface area contributed by atoms with E-state index in [-0.39, 0.29) is 4.88 Å². The fraction of sp³-hybridized carbons (Fsp3) is 0.182. The highest BCUT2D eigenvalue weighted by molar-refractivity contribution is 9.10. The lowest BCUT2D eigenvalue weighted by atomic mass is 10.1. The molecule has 0 fully saturated rings. The molecule has 2 aromatic rings. The molecule has 0 unspecified atom stereocenters. The quantitative estimate of drug-likeness (QED) is 0.554. The molecule has 0 radical (unpaired) electrons. The average Bonchev–Trinajstić information content (AvgIpc) is 2.54. The van der Waals surface area contributed by atoms with Crippen molar-refractivity contribution in [2.75, 3.05) is 0 Å². The van der Waals surface area contributed by atoms with E-state index in [1.54, 1.807) is 25.1 Å². The molecule has 0 aliphatic rings. The molecule has 0 aliphatic carbocycles. The maximum absolute atomic E-state index is 12.9. The number of alkyl halides is 3. The molecule has 0 bridgehead atoms. The molecular weight excluding hydrogens is 334 g/mol. The van der Waals surface area contributed by atoms with Gasteiger partial charge in [0.1, 0.15) is 0 Å². The van der Waals surface area contributed by atoms with Gasteiger partial charge in [0.05, 0.1) is 4.88 Å². The van der Waals surface area contributed by atoms with Crippen LogP contribution in [0.5, 0.6) is 0 Å². The lowest BCUT2D eigenvalue weighted by Crippen LogP contribution is -2.20. The first-order valence-corrected chi connectivity index (χ1v) is 6.59. The van der Waals surface area contributed by atoms with E-state index < -0.39 is 10.6 Å². The van der Waals surface area contributed by atoms with E-state index in [2.05, 4.69) is 15.9 Å². The van der Waals surface area contributed by atoms with Crippen molar-refractivity contribution in [1.29, 1.82) is 0 Å². The number of Topliss-reactive ketones (excluding diaryl/α,β-unsaturated/α-hetero) is 1. The predicted octanol–water partition coefficient (Wildman–Crippen LogP) is 5.03. The van der Waals surface area contributed by atoms with Crippen molar-refractivity contribution in [1.82, 2.24) is 0 Å². The lowest BCUT2D eigenvalue weighted by molar-refractivity contribution is 0.0596. The Morgan fingerprint density at radius 2 is 2.12 bits per heavy atom. The van der Waals surface area contributed by atoms with Crippen LogP contribution < -0.4 is 0 Å². The number of hydrogen-bond donors (Lipinski definition) is 0. The SMILES string of the molecule is Cc1c(C(=O)C(F)(F)Br)sc2ccc(Cl)cc12. The number of carbonyl (C=O) groups is 1. The summed E-state index contributed by atoms with van der Waals surface area (Å²) in [4.78, 5) is 8.06. The minimum absolute atomic E-state index is 0.0594. The molecule has 6 heteroatoms. The van der Waals surface area contributed by atoms with Gasteiger partial charge in [-0.3, -0.25) is 4.79 Å². The lowest BCUT2D eigenvalue weighted by Gasteiger charge is -2.05. The molecule has 0 saturated carbocycles. The molecule has 90 valence electrons. The minimum Gasteiger partial charge on any atom is -0.285 e. The van der Waals surface area contributed by atoms with Crippen molar-refractivity contribution in [2.24, 2.45) is 0 Å². The zero-order chi connectivity index (χ0) is 12.8. The summed E-state index contributed by atoms with van der Waals surface area (Å²) >= 11 is 8.97. The normalized spacial score (nSPS) is 12.1. The Morgan fingerprint density at radius 3 is 2.71 bits per heavy atom. The fourth-order valence-corrected chi connectivity index (χ4v) is 3.20. The van der Waals surface area contributed by atoms with Gasteiger partial charge in [0.15, 0.2) is 0 Å². The summed E-state index contributed by atoms with van der Waals surface area (Å²) in [5.41, 5.74) is 0.539. The van der Waals surface area contributed by atoms with Gasteiger partial charge in [-0.25, -0.2) is 0 Å². The molecule has 0 spiro atoms. The maximum Gasteiger partial charge on any atom is 0.363 e. The van der Waals surface area contributed by atoms with Crippen molar-refractivity contribution >= 4 is 54.7 Å². The Morgan fingerprint density at radius 1 is 1.47 bits per heavy atom. The molecule has 0 saturated heterocycles. The summed E-state index contributed by atoms with van der Waals surface area (Å²) in [5, 5.41) is 1.26. The highest BCUT2D eigenvalue weighted by Gasteiger charge is 2.38. The average molecular weight is 340 g/mol. The van der Waals surface area contributed by atoms with Gasteiger partial charge >= 0.3 is 4.83 Å². The van der Waals surface area contributed by atoms with Crippen LogP contribution in [-0.4, -0.2) is 10.6 Å².